The predicted octanol–water partition coefficient (Wildman–Crippen LogP) is 14.7. The van der Waals surface area contributed by atoms with Gasteiger partial charge in [0.2, 0.25) is 0 Å². The topological polar surface area (TPSA) is 175 Å². The van der Waals surface area contributed by atoms with Crippen LogP contribution >= 0.6 is 0 Å². The van der Waals surface area contributed by atoms with E-state index in [2.05, 4.69) is 112 Å². The number of carbonyl (C=O) groups excluding carboxylic acids is 3. The first-order valence-electron chi connectivity index (χ1n) is 28.9. The number of hydrogen-bond acceptors (Lipinski definition) is 11. The van der Waals surface area contributed by atoms with E-state index in [4.69, 9.17) is 23.7 Å². The smallest absolute Gasteiger partial charge is 0.335 e. The van der Waals surface area contributed by atoms with E-state index < -0.39 is 67.3 Å². The van der Waals surface area contributed by atoms with Gasteiger partial charge in [-0.2, -0.15) is 0 Å². The molecule has 75 heavy (non-hydrogen) atoms. The summed E-state index contributed by atoms with van der Waals surface area (Å²) in [4.78, 5) is 51.0. The predicted molar refractivity (Wildman–Crippen MR) is 303 cm³/mol. The summed E-state index contributed by atoms with van der Waals surface area (Å²) < 4.78 is 28.3. The first-order chi connectivity index (χ1) is 36.6. The van der Waals surface area contributed by atoms with Gasteiger partial charge in [0.1, 0.15) is 18.8 Å². The van der Waals surface area contributed by atoms with Crippen LogP contribution in [0.2, 0.25) is 0 Å². The Morgan fingerprint density at radius 3 is 1.39 bits per heavy atom. The van der Waals surface area contributed by atoms with Crippen molar-refractivity contribution in [1.29, 1.82) is 0 Å². The molecule has 0 saturated carbocycles. The third-order valence-electron chi connectivity index (χ3n) is 12.3. The molecule has 6 unspecified atom stereocenters. The average Bonchev–Trinajstić information content (AvgIpc) is 3.39. The van der Waals surface area contributed by atoms with Crippen molar-refractivity contribution in [3.63, 3.8) is 0 Å². The van der Waals surface area contributed by atoms with Gasteiger partial charge in [0.15, 0.2) is 24.6 Å². The normalized spacial score (nSPS) is 19.0. The lowest BCUT2D eigenvalue weighted by Crippen LogP contribution is -2.61. The van der Waals surface area contributed by atoms with Crippen LogP contribution in [-0.2, 0) is 42.9 Å². The van der Waals surface area contributed by atoms with Crippen molar-refractivity contribution in [2.24, 2.45) is 0 Å². The van der Waals surface area contributed by atoms with Gasteiger partial charge in [-0.1, -0.05) is 194 Å². The van der Waals surface area contributed by atoms with Gasteiger partial charge in [-0.05, 0) is 109 Å². The van der Waals surface area contributed by atoms with Crippen molar-refractivity contribution in [1.82, 2.24) is 0 Å². The monoisotopic (exact) mass is 1050 g/mol. The van der Waals surface area contributed by atoms with Crippen molar-refractivity contribution in [3.8, 4) is 0 Å². The summed E-state index contributed by atoms with van der Waals surface area (Å²) in [6.45, 7) is 5.74. The minimum absolute atomic E-state index is 0.0719. The molecule has 1 aliphatic rings. The van der Waals surface area contributed by atoms with Gasteiger partial charge in [0, 0.05) is 19.3 Å². The first kappa shape index (κ1) is 68.4. The molecule has 1 fully saturated rings. The molecule has 0 aromatic rings. The molecule has 0 bridgehead atoms. The summed E-state index contributed by atoms with van der Waals surface area (Å²) >= 11 is 0. The van der Waals surface area contributed by atoms with Crippen molar-refractivity contribution >= 4 is 23.9 Å². The highest BCUT2D eigenvalue weighted by atomic mass is 16.7. The molecule has 0 aromatic carbocycles. The first-order valence-corrected chi connectivity index (χ1v) is 28.9. The van der Waals surface area contributed by atoms with Crippen LogP contribution in [0.4, 0.5) is 0 Å². The Kier molecular flexibility index (Phi) is 45.8. The summed E-state index contributed by atoms with van der Waals surface area (Å²) in [5, 5.41) is 31.4. The van der Waals surface area contributed by atoms with Crippen LogP contribution < -0.4 is 0 Å². The van der Waals surface area contributed by atoms with E-state index in [1.165, 1.54) is 32.1 Å². The molecule has 0 spiro atoms. The zero-order valence-electron chi connectivity index (χ0n) is 46.5. The minimum atomic E-state index is -1.94. The Labute approximate surface area is 453 Å². The SMILES string of the molecule is CC/C=C\C/C=C\C/C=C\C/C=C\C/C=C\C/C=C\CCC(=O)OC1C(OCC(COC(=O)CCCCCCC/C=C\C/C=C\CCCCC)OC(=O)CCCCCCC/C=C\CCCC)OC(C(=O)O)C(O)C1O. The van der Waals surface area contributed by atoms with E-state index in [9.17, 15) is 34.5 Å². The highest BCUT2D eigenvalue weighted by Crippen LogP contribution is 2.26. The Hall–Kier alpha value is -4.62. The van der Waals surface area contributed by atoms with Gasteiger partial charge in [0.25, 0.3) is 0 Å². The van der Waals surface area contributed by atoms with Crippen LogP contribution in [0.15, 0.2) is 109 Å². The van der Waals surface area contributed by atoms with Crippen molar-refractivity contribution in [2.75, 3.05) is 13.2 Å². The number of aliphatic hydroxyl groups excluding tert-OH is 2. The van der Waals surface area contributed by atoms with Crippen LogP contribution in [-0.4, -0.2) is 89.2 Å². The number of aliphatic hydroxyl groups is 2. The van der Waals surface area contributed by atoms with E-state index in [-0.39, 0.29) is 25.9 Å². The molecule has 0 aliphatic carbocycles. The molecular weight excluding hydrogens is 949 g/mol. The third kappa shape index (κ3) is 40.3. The minimum Gasteiger partial charge on any atom is -0.479 e. The fourth-order valence-electron chi connectivity index (χ4n) is 7.87. The number of hydrogen-bond donors (Lipinski definition) is 3. The van der Waals surface area contributed by atoms with Crippen LogP contribution in [0.1, 0.15) is 213 Å². The maximum Gasteiger partial charge on any atom is 0.335 e. The molecule has 1 rings (SSSR count). The summed E-state index contributed by atoms with van der Waals surface area (Å²) in [6, 6.07) is 0. The van der Waals surface area contributed by atoms with Crippen LogP contribution in [0, 0.1) is 0 Å². The van der Waals surface area contributed by atoms with Crippen molar-refractivity contribution in [3.05, 3.63) is 109 Å². The Morgan fingerprint density at radius 2 is 0.880 bits per heavy atom. The number of esters is 3. The maximum atomic E-state index is 13.1. The zero-order valence-corrected chi connectivity index (χ0v) is 46.5. The Morgan fingerprint density at radius 1 is 0.453 bits per heavy atom. The van der Waals surface area contributed by atoms with Gasteiger partial charge in [-0.15, -0.1) is 0 Å². The van der Waals surface area contributed by atoms with E-state index in [0.29, 0.717) is 25.7 Å². The molecular formula is C63H100O12. The number of rotatable bonds is 47. The van der Waals surface area contributed by atoms with Gasteiger partial charge < -0.3 is 39.0 Å². The van der Waals surface area contributed by atoms with Crippen molar-refractivity contribution in [2.45, 2.75) is 250 Å². The summed E-state index contributed by atoms with van der Waals surface area (Å²) in [5.41, 5.74) is 0. The van der Waals surface area contributed by atoms with E-state index in [0.717, 1.165) is 116 Å². The second-order valence-corrected chi connectivity index (χ2v) is 19.2. The molecule has 424 valence electrons. The zero-order chi connectivity index (χ0) is 54.7. The van der Waals surface area contributed by atoms with E-state index in [1.807, 2.05) is 18.2 Å². The largest absolute Gasteiger partial charge is 0.479 e. The quantitative estimate of drug-likeness (QED) is 0.0228. The lowest BCUT2D eigenvalue weighted by molar-refractivity contribution is -0.301. The number of allylic oxidation sites excluding steroid dienone is 18. The van der Waals surface area contributed by atoms with Gasteiger partial charge in [-0.25, -0.2) is 4.79 Å². The molecule has 3 N–H and O–H groups in total. The number of carbonyl (C=O) groups is 4. The molecule has 1 heterocycles. The van der Waals surface area contributed by atoms with E-state index >= 15 is 0 Å². The van der Waals surface area contributed by atoms with E-state index in [1.54, 1.807) is 0 Å². The molecule has 0 radical (unpaired) electrons. The van der Waals surface area contributed by atoms with Crippen molar-refractivity contribution < 1.29 is 58.2 Å². The second-order valence-electron chi connectivity index (χ2n) is 19.2. The maximum absolute atomic E-state index is 13.1. The molecule has 12 heteroatoms. The summed E-state index contributed by atoms with van der Waals surface area (Å²) in [6.07, 6.45) is 55.0. The third-order valence-corrected chi connectivity index (χ3v) is 12.3. The molecule has 0 amide bonds. The fourth-order valence-corrected chi connectivity index (χ4v) is 7.87. The lowest BCUT2D eigenvalue weighted by Gasteiger charge is -2.40. The molecule has 12 nitrogen and oxygen atoms in total. The molecule has 0 aromatic heterocycles. The fraction of sp³-hybridized carbons (Fsp3) is 0.651. The van der Waals surface area contributed by atoms with Gasteiger partial charge in [-0.3, -0.25) is 14.4 Å². The van der Waals surface area contributed by atoms with Gasteiger partial charge in [0.05, 0.1) is 6.61 Å². The second kappa shape index (κ2) is 50.2. The van der Waals surface area contributed by atoms with Crippen LogP contribution in [0.3, 0.4) is 0 Å². The number of carboxylic acid groups (broad SMARTS) is 1. The number of aliphatic carboxylic acids is 1. The summed E-state index contributed by atoms with van der Waals surface area (Å²) in [7, 11) is 0. The molecule has 1 aliphatic heterocycles. The van der Waals surface area contributed by atoms with Gasteiger partial charge >= 0.3 is 23.9 Å². The number of unbranched alkanes of at least 4 members (excludes halogenated alkanes) is 15. The van der Waals surface area contributed by atoms with Crippen LogP contribution in [0.25, 0.3) is 0 Å². The molecule has 6 atom stereocenters. The summed E-state index contributed by atoms with van der Waals surface area (Å²) in [5.74, 6) is -3.27. The number of ether oxygens (including phenoxy) is 5. The molecule has 1 saturated heterocycles. The Bertz CT molecular complexity index is 1720. The highest BCUT2D eigenvalue weighted by Gasteiger charge is 2.50. The standard InChI is InChI=1S/C63H100O12/c1-4-7-10-13-16-19-22-24-26-27-28-29-31-33-36-39-42-45-48-51-57(66)74-61-59(68)58(67)60(62(69)70)75-63(61)72-53-54(73-56(65)50-47-44-41-38-34-21-18-15-12-9-6-3)52-71-55(64)49-46-43-40-37-35-32-30-25-23-20-17-14-11-8-5-2/h7,10,15-20,24-26,28-30,33,36,42,45,54,58-61,63,67-68H,4-6,8-9,11-14,21-23,27,31-32,34-35,37-41,43-44,46-53H2,1-3H3,(H,69,70)/b10-7-,18-15-,19-16-,20-17-,26-24-,29-28-,30-25-,36-33-,45-42-. The van der Waals surface area contributed by atoms with Crippen LogP contribution in [0.5, 0.6) is 0 Å². The lowest BCUT2D eigenvalue weighted by atomic mass is 9.98. The number of carboxylic acids is 1. The highest BCUT2D eigenvalue weighted by molar-refractivity contribution is 5.74. The Balaban J connectivity index is 2.74. The average molecular weight is 1050 g/mol.